The number of aryl methyl sites for hydroxylation is 2. The molecule has 2 heterocycles. The van der Waals surface area contributed by atoms with E-state index in [4.69, 9.17) is 9.26 Å². The molecule has 1 aliphatic heterocycles. The Morgan fingerprint density at radius 3 is 2.54 bits per heavy atom. The van der Waals surface area contributed by atoms with Gasteiger partial charge in [-0.25, -0.2) is 0 Å². The molecule has 140 valence electrons. The Balaban J connectivity index is 1.76. The summed E-state index contributed by atoms with van der Waals surface area (Å²) >= 11 is 0. The quantitative estimate of drug-likeness (QED) is 0.849. The van der Waals surface area contributed by atoms with Gasteiger partial charge in [-0.1, -0.05) is 17.3 Å². The van der Waals surface area contributed by atoms with Crippen LogP contribution in [0, 0.1) is 13.8 Å². The molecule has 0 unspecified atom stereocenters. The second-order valence-corrected chi connectivity index (χ2v) is 6.40. The summed E-state index contributed by atoms with van der Waals surface area (Å²) in [5, 5.41) is 13.7. The fourth-order valence-electron chi connectivity index (χ4n) is 3.56. The van der Waals surface area contributed by atoms with E-state index in [-0.39, 0.29) is 0 Å². The summed E-state index contributed by atoms with van der Waals surface area (Å²) < 4.78 is 10.9. The molecule has 2 aromatic rings. The standard InChI is InChI=1S/C19H25N3O4/c1-4-25-16-8-6-5-7-15(16)21-9-11-22(12-10-21)18(19(23)24)17-13(2)20-26-14(17)3/h5-8,18H,4,9-12H2,1-3H3,(H,23,24)/t18-/m1/s1. The highest BCUT2D eigenvalue weighted by atomic mass is 16.5. The molecule has 1 aromatic carbocycles. The molecule has 3 rings (SSSR count). The molecule has 1 fully saturated rings. The zero-order valence-electron chi connectivity index (χ0n) is 15.4. The van der Waals surface area contributed by atoms with Crippen LogP contribution in [0.4, 0.5) is 5.69 Å². The number of para-hydroxylation sites is 2. The van der Waals surface area contributed by atoms with Crippen LogP contribution >= 0.6 is 0 Å². The Morgan fingerprint density at radius 2 is 1.96 bits per heavy atom. The molecule has 0 aliphatic carbocycles. The van der Waals surface area contributed by atoms with Gasteiger partial charge in [-0.15, -0.1) is 0 Å². The summed E-state index contributed by atoms with van der Waals surface area (Å²) in [7, 11) is 0. The first-order valence-corrected chi connectivity index (χ1v) is 8.89. The summed E-state index contributed by atoms with van der Waals surface area (Å²) in [6.07, 6.45) is 0. The highest BCUT2D eigenvalue weighted by Gasteiger charge is 2.34. The van der Waals surface area contributed by atoms with Crippen LogP contribution in [0.3, 0.4) is 0 Å². The molecule has 0 amide bonds. The number of aliphatic carboxylic acids is 1. The van der Waals surface area contributed by atoms with Crippen molar-refractivity contribution < 1.29 is 19.2 Å². The van der Waals surface area contributed by atoms with E-state index in [1.165, 1.54) is 0 Å². The maximum absolute atomic E-state index is 11.9. The van der Waals surface area contributed by atoms with E-state index >= 15 is 0 Å². The fourth-order valence-corrected chi connectivity index (χ4v) is 3.56. The van der Waals surface area contributed by atoms with Gasteiger partial charge < -0.3 is 19.3 Å². The minimum Gasteiger partial charge on any atom is -0.492 e. The first kappa shape index (κ1) is 18.3. The molecule has 7 nitrogen and oxygen atoms in total. The molecule has 7 heteroatoms. The van der Waals surface area contributed by atoms with Crippen LogP contribution in [0.25, 0.3) is 0 Å². The van der Waals surface area contributed by atoms with Crippen LogP contribution in [0.1, 0.15) is 30.0 Å². The molecule has 1 aromatic heterocycles. The lowest BCUT2D eigenvalue weighted by molar-refractivity contribution is -0.143. The van der Waals surface area contributed by atoms with E-state index in [2.05, 4.69) is 10.1 Å². The van der Waals surface area contributed by atoms with Gasteiger partial charge in [-0.2, -0.15) is 0 Å². The van der Waals surface area contributed by atoms with Gasteiger partial charge in [0.2, 0.25) is 0 Å². The average molecular weight is 359 g/mol. The zero-order chi connectivity index (χ0) is 18.7. The maximum Gasteiger partial charge on any atom is 0.325 e. The topological polar surface area (TPSA) is 79.0 Å². The number of hydrogen-bond donors (Lipinski definition) is 1. The summed E-state index contributed by atoms with van der Waals surface area (Å²) in [5.74, 6) is 0.561. The largest absolute Gasteiger partial charge is 0.492 e. The first-order valence-electron chi connectivity index (χ1n) is 8.89. The van der Waals surface area contributed by atoms with E-state index in [1.807, 2.05) is 36.1 Å². The van der Waals surface area contributed by atoms with Gasteiger partial charge in [0.25, 0.3) is 0 Å². The normalized spacial score (nSPS) is 16.5. The summed E-state index contributed by atoms with van der Waals surface area (Å²) in [6.45, 7) is 8.88. The Bertz CT molecular complexity index is 746. The first-order chi connectivity index (χ1) is 12.5. The number of carboxylic acids is 1. The third-order valence-corrected chi connectivity index (χ3v) is 4.78. The van der Waals surface area contributed by atoms with Gasteiger partial charge in [0.15, 0.2) is 0 Å². The third-order valence-electron chi connectivity index (χ3n) is 4.78. The predicted molar refractivity (Wildman–Crippen MR) is 97.8 cm³/mol. The minimum atomic E-state index is -0.873. The number of hydrogen-bond acceptors (Lipinski definition) is 6. The van der Waals surface area contributed by atoms with Crippen molar-refractivity contribution in [2.24, 2.45) is 0 Å². The Hall–Kier alpha value is -2.54. The van der Waals surface area contributed by atoms with Crippen LogP contribution in [-0.2, 0) is 4.79 Å². The van der Waals surface area contributed by atoms with Gasteiger partial charge in [0, 0.05) is 31.7 Å². The summed E-state index contributed by atoms with van der Waals surface area (Å²) in [5.41, 5.74) is 2.36. The SMILES string of the molecule is CCOc1ccccc1N1CCN([C@@H](C(=O)O)c2c(C)noc2C)CC1. The number of benzene rings is 1. The van der Waals surface area contributed by atoms with Crippen LogP contribution in [-0.4, -0.2) is 53.9 Å². The summed E-state index contributed by atoms with van der Waals surface area (Å²) in [6, 6.07) is 7.24. The molecule has 0 spiro atoms. The van der Waals surface area contributed by atoms with Gasteiger partial charge in [0.05, 0.1) is 18.0 Å². The van der Waals surface area contributed by atoms with Crippen molar-refractivity contribution in [2.45, 2.75) is 26.8 Å². The second kappa shape index (κ2) is 7.78. The number of anilines is 1. The second-order valence-electron chi connectivity index (χ2n) is 6.40. The molecule has 0 radical (unpaired) electrons. The van der Waals surface area contributed by atoms with Crippen LogP contribution < -0.4 is 9.64 Å². The number of aromatic nitrogens is 1. The third kappa shape index (κ3) is 3.53. The van der Waals surface area contributed by atoms with E-state index in [0.29, 0.717) is 36.7 Å². The number of carbonyl (C=O) groups is 1. The molecule has 1 aliphatic rings. The maximum atomic E-state index is 11.9. The van der Waals surface area contributed by atoms with E-state index < -0.39 is 12.0 Å². The van der Waals surface area contributed by atoms with Crippen molar-refractivity contribution in [1.82, 2.24) is 10.1 Å². The van der Waals surface area contributed by atoms with Gasteiger partial charge in [-0.3, -0.25) is 9.69 Å². The van der Waals surface area contributed by atoms with Crippen molar-refractivity contribution in [1.29, 1.82) is 0 Å². The molecular formula is C19H25N3O4. The lowest BCUT2D eigenvalue weighted by Crippen LogP contribution is -2.49. The lowest BCUT2D eigenvalue weighted by atomic mass is 10.0. The van der Waals surface area contributed by atoms with E-state index in [1.54, 1.807) is 13.8 Å². The van der Waals surface area contributed by atoms with E-state index in [9.17, 15) is 9.90 Å². The van der Waals surface area contributed by atoms with E-state index in [0.717, 1.165) is 24.5 Å². The number of carboxylic acid groups (broad SMARTS) is 1. The number of rotatable bonds is 6. The highest BCUT2D eigenvalue weighted by molar-refractivity contribution is 5.76. The Morgan fingerprint density at radius 1 is 1.27 bits per heavy atom. The predicted octanol–water partition coefficient (Wildman–Crippen LogP) is 2.64. The average Bonchev–Trinajstić information content (AvgIpc) is 2.96. The molecule has 1 saturated heterocycles. The Labute approximate surface area is 153 Å². The fraction of sp³-hybridized carbons (Fsp3) is 0.474. The van der Waals surface area contributed by atoms with Crippen molar-refractivity contribution in [3.8, 4) is 5.75 Å². The molecule has 0 saturated carbocycles. The molecule has 26 heavy (non-hydrogen) atoms. The van der Waals surface area contributed by atoms with Crippen LogP contribution in [0.5, 0.6) is 5.75 Å². The number of ether oxygens (including phenoxy) is 1. The number of nitrogens with zero attached hydrogens (tertiary/aromatic N) is 3. The van der Waals surface area contributed by atoms with Crippen molar-refractivity contribution in [3.63, 3.8) is 0 Å². The molecule has 1 N–H and O–H groups in total. The lowest BCUT2D eigenvalue weighted by Gasteiger charge is -2.39. The minimum absolute atomic E-state index is 0.569. The Kier molecular flexibility index (Phi) is 5.46. The van der Waals surface area contributed by atoms with Crippen LogP contribution in [0.15, 0.2) is 28.8 Å². The van der Waals surface area contributed by atoms with Crippen molar-refractivity contribution in [2.75, 3.05) is 37.7 Å². The summed E-state index contributed by atoms with van der Waals surface area (Å²) in [4.78, 5) is 16.2. The van der Waals surface area contributed by atoms with Crippen molar-refractivity contribution in [3.05, 3.63) is 41.3 Å². The van der Waals surface area contributed by atoms with Gasteiger partial charge in [0.1, 0.15) is 17.6 Å². The molecule has 1 atom stereocenters. The van der Waals surface area contributed by atoms with Crippen molar-refractivity contribution >= 4 is 11.7 Å². The smallest absolute Gasteiger partial charge is 0.325 e. The molecule has 0 bridgehead atoms. The van der Waals surface area contributed by atoms with Gasteiger partial charge >= 0.3 is 5.97 Å². The monoisotopic (exact) mass is 359 g/mol. The highest BCUT2D eigenvalue weighted by Crippen LogP contribution is 2.32. The van der Waals surface area contributed by atoms with Crippen LogP contribution in [0.2, 0.25) is 0 Å². The number of piperazine rings is 1. The zero-order valence-corrected chi connectivity index (χ0v) is 15.4. The molecular weight excluding hydrogens is 334 g/mol. The van der Waals surface area contributed by atoms with Gasteiger partial charge in [-0.05, 0) is 32.9 Å².